The first-order valence-electron chi connectivity index (χ1n) is 5.83. The molecule has 1 aromatic rings. The van der Waals surface area contributed by atoms with Gasteiger partial charge in [0.25, 0.3) is 0 Å². The predicted octanol–water partition coefficient (Wildman–Crippen LogP) is 3.03. The normalized spacial score (nSPS) is 10.4. The first-order valence-corrected chi connectivity index (χ1v) is 5.83. The lowest BCUT2D eigenvalue weighted by atomic mass is 10.2. The van der Waals surface area contributed by atoms with Gasteiger partial charge >= 0.3 is 0 Å². The smallest absolute Gasteiger partial charge is 0.167 e. The molecule has 0 amide bonds. The van der Waals surface area contributed by atoms with Gasteiger partial charge < -0.3 is 10.5 Å². The fourth-order valence-electron chi connectivity index (χ4n) is 1.51. The highest BCUT2D eigenvalue weighted by atomic mass is 19.1. The minimum absolute atomic E-state index is 0.246. The van der Waals surface area contributed by atoms with E-state index in [2.05, 4.69) is 0 Å². The monoisotopic (exact) mass is 225 g/mol. The molecular weight excluding hydrogens is 205 g/mol. The molecule has 0 heterocycles. The molecule has 0 spiro atoms. The van der Waals surface area contributed by atoms with E-state index in [4.69, 9.17) is 10.5 Å². The third kappa shape index (κ3) is 4.19. The zero-order valence-electron chi connectivity index (χ0n) is 9.84. The Morgan fingerprint density at radius 2 is 1.94 bits per heavy atom. The van der Waals surface area contributed by atoms with E-state index < -0.39 is 0 Å². The highest BCUT2D eigenvalue weighted by molar-refractivity contribution is 5.29. The fraction of sp³-hybridized carbons (Fsp3) is 0.538. The second-order valence-electron chi connectivity index (χ2n) is 3.94. The number of benzene rings is 1. The number of nitrogens with two attached hydrogens (primary N) is 1. The van der Waals surface area contributed by atoms with E-state index in [0.29, 0.717) is 17.9 Å². The molecule has 0 fully saturated rings. The molecule has 2 nitrogen and oxygen atoms in total. The minimum Gasteiger partial charge on any atom is -0.491 e. The first-order chi connectivity index (χ1) is 7.75. The molecule has 0 aliphatic rings. The molecule has 0 saturated carbocycles. The van der Waals surface area contributed by atoms with Gasteiger partial charge in [0.2, 0.25) is 0 Å². The topological polar surface area (TPSA) is 35.2 Å². The molecule has 3 heteroatoms. The van der Waals surface area contributed by atoms with Gasteiger partial charge in [0.05, 0.1) is 6.61 Å². The van der Waals surface area contributed by atoms with Crippen LogP contribution in [-0.2, 0) is 0 Å². The zero-order valence-corrected chi connectivity index (χ0v) is 9.84. The SMILES string of the molecule is Cc1cccc(OCCCCCCN)c1F. The quantitative estimate of drug-likeness (QED) is 0.724. The van der Waals surface area contributed by atoms with E-state index in [1.807, 2.05) is 6.07 Å². The second-order valence-corrected chi connectivity index (χ2v) is 3.94. The lowest BCUT2D eigenvalue weighted by Crippen LogP contribution is -2.01. The zero-order chi connectivity index (χ0) is 11.8. The summed E-state index contributed by atoms with van der Waals surface area (Å²) in [5, 5.41) is 0. The van der Waals surface area contributed by atoms with Crippen LogP contribution in [0.1, 0.15) is 31.2 Å². The van der Waals surface area contributed by atoms with E-state index in [1.165, 1.54) is 0 Å². The van der Waals surface area contributed by atoms with E-state index in [1.54, 1.807) is 19.1 Å². The van der Waals surface area contributed by atoms with Crippen LogP contribution in [0.3, 0.4) is 0 Å². The van der Waals surface area contributed by atoms with Crippen molar-refractivity contribution in [3.05, 3.63) is 29.6 Å². The Morgan fingerprint density at radius 1 is 1.19 bits per heavy atom. The van der Waals surface area contributed by atoms with Crippen molar-refractivity contribution in [1.29, 1.82) is 0 Å². The number of hydrogen-bond acceptors (Lipinski definition) is 2. The maximum absolute atomic E-state index is 13.5. The lowest BCUT2D eigenvalue weighted by Gasteiger charge is -2.08. The molecule has 90 valence electrons. The largest absolute Gasteiger partial charge is 0.491 e. The molecule has 0 unspecified atom stereocenters. The predicted molar refractivity (Wildman–Crippen MR) is 64.2 cm³/mol. The molecule has 0 aromatic heterocycles. The molecule has 0 aliphatic heterocycles. The van der Waals surface area contributed by atoms with Crippen molar-refractivity contribution in [3.63, 3.8) is 0 Å². The van der Waals surface area contributed by atoms with E-state index in [9.17, 15) is 4.39 Å². The summed E-state index contributed by atoms with van der Waals surface area (Å²) in [6, 6.07) is 5.22. The van der Waals surface area contributed by atoms with Crippen molar-refractivity contribution >= 4 is 0 Å². The third-order valence-electron chi connectivity index (χ3n) is 2.51. The Bertz CT molecular complexity index is 315. The number of unbranched alkanes of at least 4 members (excludes halogenated alkanes) is 3. The van der Waals surface area contributed by atoms with Gasteiger partial charge in [-0.2, -0.15) is 0 Å². The van der Waals surface area contributed by atoms with Crippen LogP contribution in [0.4, 0.5) is 4.39 Å². The van der Waals surface area contributed by atoms with Crippen LogP contribution in [0.25, 0.3) is 0 Å². The molecule has 1 aromatic carbocycles. The molecule has 2 N–H and O–H groups in total. The van der Waals surface area contributed by atoms with Crippen molar-refractivity contribution in [2.24, 2.45) is 5.73 Å². The van der Waals surface area contributed by atoms with Crippen LogP contribution in [0.5, 0.6) is 5.75 Å². The summed E-state index contributed by atoms with van der Waals surface area (Å²) in [5.74, 6) is 0.114. The molecular formula is C13H20FNO. The van der Waals surface area contributed by atoms with Gasteiger partial charge in [0.15, 0.2) is 11.6 Å². The summed E-state index contributed by atoms with van der Waals surface area (Å²) < 4.78 is 18.9. The average molecular weight is 225 g/mol. The molecule has 16 heavy (non-hydrogen) atoms. The molecule has 0 saturated heterocycles. The first kappa shape index (κ1) is 13.0. The number of rotatable bonds is 7. The van der Waals surface area contributed by atoms with Crippen molar-refractivity contribution < 1.29 is 9.13 Å². The Kier molecular flexibility index (Phi) is 5.86. The van der Waals surface area contributed by atoms with Gasteiger partial charge in [0.1, 0.15) is 0 Å². The summed E-state index contributed by atoms with van der Waals surface area (Å²) in [5.41, 5.74) is 6.02. The van der Waals surface area contributed by atoms with Gasteiger partial charge in [0, 0.05) is 0 Å². The second kappa shape index (κ2) is 7.23. The van der Waals surface area contributed by atoms with Crippen molar-refractivity contribution in [2.75, 3.05) is 13.2 Å². The van der Waals surface area contributed by atoms with Gasteiger partial charge in [-0.25, -0.2) is 4.39 Å². The van der Waals surface area contributed by atoms with Crippen LogP contribution in [0, 0.1) is 12.7 Å². The van der Waals surface area contributed by atoms with Crippen LogP contribution >= 0.6 is 0 Å². The summed E-state index contributed by atoms with van der Waals surface area (Å²) in [6.07, 6.45) is 4.22. The standard InChI is InChI=1S/C13H20FNO/c1-11-7-6-8-12(13(11)14)16-10-5-3-2-4-9-15/h6-8H,2-5,9-10,15H2,1H3. The summed E-state index contributed by atoms with van der Waals surface area (Å²) in [7, 11) is 0. The van der Waals surface area contributed by atoms with E-state index >= 15 is 0 Å². The van der Waals surface area contributed by atoms with Crippen LogP contribution in [-0.4, -0.2) is 13.2 Å². The molecule has 0 bridgehead atoms. The van der Waals surface area contributed by atoms with E-state index in [0.717, 1.165) is 32.2 Å². The molecule has 1 rings (SSSR count). The Labute approximate surface area is 96.6 Å². The highest BCUT2D eigenvalue weighted by Gasteiger charge is 2.04. The maximum atomic E-state index is 13.5. The minimum atomic E-state index is -0.246. The van der Waals surface area contributed by atoms with Crippen molar-refractivity contribution in [3.8, 4) is 5.75 Å². The molecule has 0 atom stereocenters. The number of aryl methyl sites for hydroxylation is 1. The van der Waals surface area contributed by atoms with E-state index in [-0.39, 0.29) is 5.82 Å². The summed E-state index contributed by atoms with van der Waals surface area (Å²) in [6.45, 7) is 3.06. The molecule has 0 aliphatic carbocycles. The number of ether oxygens (including phenoxy) is 1. The lowest BCUT2D eigenvalue weighted by molar-refractivity contribution is 0.289. The number of hydrogen-bond donors (Lipinski definition) is 1. The Hall–Kier alpha value is -1.09. The van der Waals surface area contributed by atoms with Gasteiger partial charge in [-0.05, 0) is 37.9 Å². The number of halogens is 1. The average Bonchev–Trinajstić information content (AvgIpc) is 2.29. The summed E-state index contributed by atoms with van der Waals surface area (Å²) >= 11 is 0. The summed E-state index contributed by atoms with van der Waals surface area (Å²) in [4.78, 5) is 0. The fourth-order valence-corrected chi connectivity index (χ4v) is 1.51. The third-order valence-corrected chi connectivity index (χ3v) is 2.51. The van der Waals surface area contributed by atoms with Crippen LogP contribution < -0.4 is 10.5 Å². The van der Waals surface area contributed by atoms with Crippen molar-refractivity contribution in [1.82, 2.24) is 0 Å². The maximum Gasteiger partial charge on any atom is 0.167 e. The van der Waals surface area contributed by atoms with Crippen LogP contribution in [0.15, 0.2) is 18.2 Å². The van der Waals surface area contributed by atoms with Gasteiger partial charge in [-0.3, -0.25) is 0 Å². The Balaban J connectivity index is 2.24. The highest BCUT2D eigenvalue weighted by Crippen LogP contribution is 2.19. The van der Waals surface area contributed by atoms with Gasteiger partial charge in [-0.15, -0.1) is 0 Å². The van der Waals surface area contributed by atoms with Gasteiger partial charge in [-0.1, -0.05) is 25.0 Å². The molecule has 0 radical (unpaired) electrons. The Morgan fingerprint density at radius 3 is 2.69 bits per heavy atom. The van der Waals surface area contributed by atoms with Crippen molar-refractivity contribution in [2.45, 2.75) is 32.6 Å². The van der Waals surface area contributed by atoms with Crippen LogP contribution in [0.2, 0.25) is 0 Å².